The van der Waals surface area contributed by atoms with Crippen molar-refractivity contribution < 1.29 is 9.90 Å². The van der Waals surface area contributed by atoms with Gasteiger partial charge in [-0.2, -0.15) is 0 Å². The normalized spacial score (nSPS) is 10.7. The Labute approximate surface area is 117 Å². The highest BCUT2D eigenvalue weighted by atomic mass is 35.5. The highest BCUT2D eigenvalue weighted by Crippen LogP contribution is 2.22. The number of halogens is 1. The number of aromatic nitrogens is 1. The summed E-state index contributed by atoms with van der Waals surface area (Å²) in [4.78, 5) is 11.4. The molecule has 1 N–H and O–H groups in total. The molecule has 1 aromatic heterocycles. The maximum Gasteiger partial charge on any atom is 0.352 e. The molecule has 1 heterocycles. The van der Waals surface area contributed by atoms with E-state index in [4.69, 9.17) is 11.6 Å². The molecule has 19 heavy (non-hydrogen) atoms. The summed E-state index contributed by atoms with van der Waals surface area (Å²) >= 11 is 6.14. The highest BCUT2D eigenvalue weighted by Gasteiger charge is 2.18. The van der Waals surface area contributed by atoms with Gasteiger partial charge in [0, 0.05) is 17.3 Å². The van der Waals surface area contributed by atoms with Crippen LogP contribution >= 0.6 is 11.6 Å². The number of carboxylic acids is 1. The van der Waals surface area contributed by atoms with E-state index in [1.807, 2.05) is 48.7 Å². The summed E-state index contributed by atoms with van der Waals surface area (Å²) in [5.74, 6) is -0.892. The van der Waals surface area contributed by atoms with Gasteiger partial charge in [-0.15, -0.1) is 0 Å². The largest absolute Gasteiger partial charge is 0.477 e. The van der Waals surface area contributed by atoms with Crippen LogP contribution in [-0.4, -0.2) is 15.6 Å². The van der Waals surface area contributed by atoms with E-state index in [2.05, 4.69) is 0 Å². The average molecular weight is 278 g/mol. The zero-order valence-electron chi connectivity index (χ0n) is 11.0. The molecule has 0 spiro atoms. The van der Waals surface area contributed by atoms with Crippen molar-refractivity contribution in [2.45, 2.75) is 26.8 Å². The third-order valence-corrected chi connectivity index (χ3v) is 3.62. The average Bonchev–Trinajstić information content (AvgIpc) is 2.69. The number of nitrogens with zero attached hydrogens (tertiary/aromatic N) is 1. The van der Waals surface area contributed by atoms with Crippen LogP contribution in [0.15, 0.2) is 30.3 Å². The fourth-order valence-corrected chi connectivity index (χ4v) is 2.47. The number of benzene rings is 1. The molecule has 0 unspecified atom stereocenters. The Balaban J connectivity index is 2.48. The van der Waals surface area contributed by atoms with Gasteiger partial charge in [-0.25, -0.2) is 4.79 Å². The van der Waals surface area contributed by atoms with Crippen LogP contribution in [0.1, 0.15) is 34.2 Å². The Bertz CT molecular complexity index is 617. The number of carbonyl (C=O) groups is 1. The van der Waals surface area contributed by atoms with E-state index in [1.165, 1.54) is 0 Å². The summed E-state index contributed by atoms with van der Waals surface area (Å²) in [5, 5.41) is 10.0. The van der Waals surface area contributed by atoms with E-state index in [1.54, 1.807) is 0 Å². The highest BCUT2D eigenvalue weighted by molar-refractivity contribution is 6.31. The smallest absolute Gasteiger partial charge is 0.352 e. The van der Waals surface area contributed by atoms with Crippen molar-refractivity contribution in [2.24, 2.45) is 0 Å². The number of hydrogen-bond acceptors (Lipinski definition) is 1. The maximum absolute atomic E-state index is 11.4. The number of carboxylic acid groups (broad SMARTS) is 1. The Kier molecular flexibility index (Phi) is 3.96. The van der Waals surface area contributed by atoms with Gasteiger partial charge < -0.3 is 9.67 Å². The van der Waals surface area contributed by atoms with Gasteiger partial charge in [-0.05, 0) is 36.6 Å². The number of hydrogen-bond donors (Lipinski definition) is 1. The number of rotatable bonds is 4. The molecule has 2 rings (SSSR count). The van der Waals surface area contributed by atoms with Crippen LogP contribution in [0.2, 0.25) is 5.02 Å². The van der Waals surface area contributed by atoms with Crippen LogP contribution < -0.4 is 0 Å². The quantitative estimate of drug-likeness (QED) is 0.925. The topological polar surface area (TPSA) is 42.2 Å². The van der Waals surface area contributed by atoms with Gasteiger partial charge in [0.15, 0.2) is 0 Å². The molecule has 2 aromatic rings. The molecule has 0 fully saturated rings. The Hall–Kier alpha value is -1.74. The minimum absolute atomic E-state index is 0.361. The van der Waals surface area contributed by atoms with Crippen molar-refractivity contribution >= 4 is 17.6 Å². The van der Waals surface area contributed by atoms with E-state index in [9.17, 15) is 9.90 Å². The molecule has 0 radical (unpaired) electrons. The SMILES string of the molecule is CCc1cc(C)n(Cc2ccccc2Cl)c1C(=O)O. The first-order valence-electron chi connectivity index (χ1n) is 6.20. The molecule has 0 saturated carbocycles. The molecule has 1 aromatic carbocycles. The number of aryl methyl sites for hydroxylation is 2. The van der Waals surface area contributed by atoms with E-state index in [-0.39, 0.29) is 0 Å². The molecule has 0 atom stereocenters. The fourth-order valence-electron chi connectivity index (χ4n) is 2.27. The Morgan fingerprint density at radius 1 is 1.32 bits per heavy atom. The van der Waals surface area contributed by atoms with E-state index >= 15 is 0 Å². The van der Waals surface area contributed by atoms with Crippen LogP contribution in [0.5, 0.6) is 0 Å². The lowest BCUT2D eigenvalue weighted by atomic mass is 10.2. The minimum Gasteiger partial charge on any atom is -0.477 e. The second-order valence-corrected chi connectivity index (χ2v) is 4.90. The molecule has 0 aliphatic carbocycles. The lowest BCUT2D eigenvalue weighted by molar-refractivity contribution is 0.0684. The first kappa shape index (κ1) is 13.7. The third-order valence-electron chi connectivity index (χ3n) is 3.25. The first-order chi connectivity index (χ1) is 9.04. The van der Waals surface area contributed by atoms with Crippen molar-refractivity contribution in [3.8, 4) is 0 Å². The summed E-state index contributed by atoms with van der Waals surface area (Å²) in [6.07, 6.45) is 0.706. The van der Waals surface area contributed by atoms with Gasteiger partial charge in [0.2, 0.25) is 0 Å². The summed E-state index contributed by atoms with van der Waals surface area (Å²) in [5.41, 5.74) is 3.08. The minimum atomic E-state index is -0.892. The molecule has 0 aliphatic rings. The predicted octanol–water partition coefficient (Wildman–Crippen LogP) is 3.76. The fraction of sp³-hybridized carbons (Fsp3) is 0.267. The molecule has 0 amide bonds. The van der Waals surface area contributed by atoms with E-state index in [0.717, 1.165) is 16.8 Å². The third kappa shape index (κ3) is 2.66. The molecule has 0 aliphatic heterocycles. The first-order valence-corrected chi connectivity index (χ1v) is 6.58. The van der Waals surface area contributed by atoms with E-state index in [0.29, 0.717) is 23.7 Å². The Morgan fingerprint density at radius 3 is 2.58 bits per heavy atom. The zero-order valence-corrected chi connectivity index (χ0v) is 11.7. The lowest BCUT2D eigenvalue weighted by Crippen LogP contribution is -2.12. The van der Waals surface area contributed by atoms with Gasteiger partial charge in [-0.3, -0.25) is 0 Å². The van der Waals surface area contributed by atoms with Gasteiger partial charge in [0.05, 0.1) is 0 Å². The van der Waals surface area contributed by atoms with Crippen LogP contribution in [0, 0.1) is 6.92 Å². The molecular weight excluding hydrogens is 262 g/mol. The van der Waals surface area contributed by atoms with Crippen LogP contribution in [0.4, 0.5) is 0 Å². The van der Waals surface area contributed by atoms with Crippen molar-refractivity contribution in [3.05, 3.63) is 57.9 Å². The van der Waals surface area contributed by atoms with Crippen molar-refractivity contribution in [3.63, 3.8) is 0 Å². The van der Waals surface area contributed by atoms with Crippen molar-refractivity contribution in [2.75, 3.05) is 0 Å². The predicted molar refractivity (Wildman–Crippen MR) is 76.1 cm³/mol. The van der Waals surface area contributed by atoms with Crippen molar-refractivity contribution in [1.82, 2.24) is 4.57 Å². The van der Waals surface area contributed by atoms with Crippen LogP contribution in [0.3, 0.4) is 0 Å². The summed E-state index contributed by atoms with van der Waals surface area (Å²) in [7, 11) is 0. The standard InChI is InChI=1S/C15H16ClNO2/c1-3-11-8-10(2)17(14(11)15(18)19)9-12-6-4-5-7-13(12)16/h4-8H,3,9H2,1-2H3,(H,18,19). The van der Waals surface area contributed by atoms with Gasteiger partial charge in [-0.1, -0.05) is 36.7 Å². The van der Waals surface area contributed by atoms with Crippen LogP contribution in [-0.2, 0) is 13.0 Å². The monoisotopic (exact) mass is 277 g/mol. The number of aromatic carboxylic acids is 1. The van der Waals surface area contributed by atoms with E-state index < -0.39 is 5.97 Å². The van der Waals surface area contributed by atoms with Gasteiger partial charge in [0.1, 0.15) is 5.69 Å². The maximum atomic E-state index is 11.4. The lowest BCUT2D eigenvalue weighted by Gasteiger charge is -2.11. The summed E-state index contributed by atoms with van der Waals surface area (Å²) in [6, 6.07) is 9.43. The van der Waals surface area contributed by atoms with Crippen molar-refractivity contribution in [1.29, 1.82) is 0 Å². The second kappa shape index (κ2) is 5.49. The molecule has 100 valence electrons. The van der Waals surface area contributed by atoms with Gasteiger partial charge >= 0.3 is 5.97 Å². The van der Waals surface area contributed by atoms with Gasteiger partial charge in [0.25, 0.3) is 0 Å². The summed E-state index contributed by atoms with van der Waals surface area (Å²) < 4.78 is 1.81. The second-order valence-electron chi connectivity index (χ2n) is 4.50. The molecule has 0 bridgehead atoms. The Morgan fingerprint density at radius 2 is 2.00 bits per heavy atom. The summed E-state index contributed by atoms with van der Waals surface area (Å²) in [6.45, 7) is 4.36. The molecule has 0 saturated heterocycles. The zero-order chi connectivity index (χ0) is 14.0. The van der Waals surface area contributed by atoms with Crippen LogP contribution in [0.25, 0.3) is 0 Å². The molecular formula is C15H16ClNO2. The molecule has 4 heteroatoms. The molecule has 3 nitrogen and oxygen atoms in total.